The first kappa shape index (κ1) is 15.3. The molecule has 0 aromatic carbocycles. The van der Waals surface area contributed by atoms with Crippen molar-refractivity contribution in [2.75, 3.05) is 13.1 Å². The summed E-state index contributed by atoms with van der Waals surface area (Å²) in [5.74, 6) is 1.10. The smallest absolute Gasteiger partial charge is 0.226 e. The highest BCUT2D eigenvalue weighted by molar-refractivity contribution is 6.30. The number of halogens is 1. The van der Waals surface area contributed by atoms with Crippen LogP contribution >= 0.6 is 11.6 Å². The van der Waals surface area contributed by atoms with Crippen LogP contribution < -0.4 is 4.74 Å². The third-order valence-corrected chi connectivity index (χ3v) is 4.58. The van der Waals surface area contributed by atoms with Crippen LogP contribution in [-0.4, -0.2) is 35.0 Å². The monoisotopic (exact) mass is 320 g/mol. The van der Waals surface area contributed by atoms with Gasteiger partial charge in [0.2, 0.25) is 11.8 Å². The van der Waals surface area contributed by atoms with E-state index in [1.54, 1.807) is 18.3 Å². The summed E-state index contributed by atoms with van der Waals surface area (Å²) in [6.45, 7) is 1.55. The number of likely N-dealkylation sites (tertiary alicyclic amines) is 1. The molecule has 118 valence electrons. The molecule has 1 amide bonds. The molecular weight excluding hydrogens is 300 g/mol. The summed E-state index contributed by atoms with van der Waals surface area (Å²) >= 11 is 5.82. The van der Waals surface area contributed by atoms with Crippen molar-refractivity contribution < 1.29 is 9.53 Å². The first-order valence-electron chi connectivity index (χ1n) is 7.94. The van der Waals surface area contributed by atoms with E-state index in [-0.39, 0.29) is 12.0 Å². The standard InChI is InChI=1S/C17H21ClN2O2/c18-14-6-7-16(19-12-14)22-15-8-10-20(11-9-15)17(21)13-4-2-1-3-5-13/h1-2,6-7,12-13,15H,3-5,8-11H2. The van der Waals surface area contributed by atoms with E-state index in [1.165, 1.54) is 0 Å². The minimum atomic E-state index is 0.129. The third-order valence-electron chi connectivity index (χ3n) is 4.36. The fourth-order valence-corrected chi connectivity index (χ4v) is 3.18. The van der Waals surface area contributed by atoms with Crippen molar-refractivity contribution in [1.82, 2.24) is 9.88 Å². The molecule has 0 saturated carbocycles. The maximum Gasteiger partial charge on any atom is 0.226 e. The fourth-order valence-electron chi connectivity index (χ4n) is 3.07. The fraction of sp³-hybridized carbons (Fsp3) is 0.529. The molecule has 22 heavy (non-hydrogen) atoms. The van der Waals surface area contributed by atoms with Gasteiger partial charge in [0.25, 0.3) is 0 Å². The predicted octanol–water partition coefficient (Wildman–Crippen LogP) is 3.46. The number of hydrogen-bond donors (Lipinski definition) is 0. The molecule has 0 bridgehead atoms. The van der Waals surface area contributed by atoms with Crippen LogP contribution in [0.4, 0.5) is 0 Å². The predicted molar refractivity (Wildman–Crippen MR) is 86.0 cm³/mol. The third kappa shape index (κ3) is 3.80. The normalized spacial score (nSPS) is 22.6. The van der Waals surface area contributed by atoms with Crippen LogP contribution in [-0.2, 0) is 4.79 Å². The number of carbonyl (C=O) groups is 1. The lowest BCUT2D eigenvalue weighted by Crippen LogP contribution is -2.44. The molecule has 1 saturated heterocycles. The molecular formula is C17H21ClN2O2. The Labute approximate surface area is 136 Å². The van der Waals surface area contributed by atoms with Crippen molar-refractivity contribution in [3.63, 3.8) is 0 Å². The highest BCUT2D eigenvalue weighted by Gasteiger charge is 2.28. The summed E-state index contributed by atoms with van der Waals surface area (Å²) in [5, 5.41) is 0.606. The van der Waals surface area contributed by atoms with Gasteiger partial charge in [-0.05, 0) is 25.3 Å². The van der Waals surface area contributed by atoms with E-state index >= 15 is 0 Å². The molecule has 2 aliphatic rings. The maximum atomic E-state index is 12.5. The van der Waals surface area contributed by atoms with E-state index in [1.807, 2.05) is 4.90 Å². The van der Waals surface area contributed by atoms with Gasteiger partial charge in [-0.3, -0.25) is 4.79 Å². The Hall–Kier alpha value is -1.55. The summed E-state index contributed by atoms with van der Waals surface area (Å²) in [5.41, 5.74) is 0. The van der Waals surface area contributed by atoms with Gasteiger partial charge in [0.15, 0.2) is 0 Å². The lowest BCUT2D eigenvalue weighted by atomic mass is 9.92. The highest BCUT2D eigenvalue weighted by atomic mass is 35.5. The zero-order valence-electron chi connectivity index (χ0n) is 12.6. The molecule has 1 unspecified atom stereocenters. The Morgan fingerprint density at radius 1 is 1.23 bits per heavy atom. The summed E-state index contributed by atoms with van der Waals surface area (Å²) < 4.78 is 5.86. The van der Waals surface area contributed by atoms with Crippen LogP contribution in [0.3, 0.4) is 0 Å². The van der Waals surface area contributed by atoms with Gasteiger partial charge in [0, 0.05) is 44.1 Å². The highest BCUT2D eigenvalue weighted by Crippen LogP contribution is 2.24. The van der Waals surface area contributed by atoms with Gasteiger partial charge in [-0.1, -0.05) is 23.8 Å². The molecule has 2 heterocycles. The van der Waals surface area contributed by atoms with Crippen LogP contribution in [0.1, 0.15) is 32.1 Å². The van der Waals surface area contributed by atoms with Crippen molar-refractivity contribution in [2.45, 2.75) is 38.2 Å². The number of allylic oxidation sites excluding steroid dienone is 2. The quantitative estimate of drug-likeness (QED) is 0.801. The van der Waals surface area contributed by atoms with Gasteiger partial charge in [-0.25, -0.2) is 4.98 Å². The van der Waals surface area contributed by atoms with E-state index in [4.69, 9.17) is 16.3 Å². The number of nitrogens with zero attached hydrogens (tertiary/aromatic N) is 2. The van der Waals surface area contributed by atoms with Gasteiger partial charge < -0.3 is 9.64 Å². The van der Waals surface area contributed by atoms with Crippen molar-refractivity contribution >= 4 is 17.5 Å². The minimum absolute atomic E-state index is 0.129. The zero-order chi connectivity index (χ0) is 15.4. The Morgan fingerprint density at radius 2 is 2.05 bits per heavy atom. The lowest BCUT2D eigenvalue weighted by molar-refractivity contribution is -0.137. The molecule has 1 aromatic heterocycles. The number of amides is 1. The number of rotatable bonds is 3. The summed E-state index contributed by atoms with van der Waals surface area (Å²) in [6, 6.07) is 3.56. The molecule has 1 aromatic rings. The summed E-state index contributed by atoms with van der Waals surface area (Å²) in [4.78, 5) is 18.6. The number of hydrogen-bond acceptors (Lipinski definition) is 3. The SMILES string of the molecule is O=C(C1CC=CCC1)N1CCC(Oc2ccc(Cl)cn2)CC1. The molecule has 1 fully saturated rings. The Kier molecular flexibility index (Phi) is 4.98. The average Bonchev–Trinajstić information content (AvgIpc) is 2.58. The maximum absolute atomic E-state index is 12.5. The van der Waals surface area contributed by atoms with E-state index in [2.05, 4.69) is 17.1 Å². The van der Waals surface area contributed by atoms with Crippen molar-refractivity contribution in [3.05, 3.63) is 35.5 Å². The van der Waals surface area contributed by atoms with Crippen LogP contribution in [0.15, 0.2) is 30.5 Å². The Morgan fingerprint density at radius 3 is 2.68 bits per heavy atom. The van der Waals surface area contributed by atoms with Crippen molar-refractivity contribution in [3.8, 4) is 5.88 Å². The summed E-state index contributed by atoms with van der Waals surface area (Å²) in [6.07, 6.45) is 10.6. The molecule has 0 radical (unpaired) electrons. The van der Waals surface area contributed by atoms with E-state index in [0.29, 0.717) is 16.8 Å². The van der Waals surface area contributed by atoms with Crippen molar-refractivity contribution in [1.29, 1.82) is 0 Å². The molecule has 1 atom stereocenters. The van der Waals surface area contributed by atoms with Crippen molar-refractivity contribution in [2.24, 2.45) is 5.92 Å². The van der Waals surface area contributed by atoms with Gasteiger partial charge in [0.1, 0.15) is 6.10 Å². The molecule has 4 nitrogen and oxygen atoms in total. The molecule has 1 aliphatic carbocycles. The topological polar surface area (TPSA) is 42.4 Å². The van der Waals surface area contributed by atoms with Crippen LogP contribution in [0.2, 0.25) is 5.02 Å². The number of carbonyl (C=O) groups excluding carboxylic acids is 1. The van der Waals surface area contributed by atoms with E-state index < -0.39 is 0 Å². The molecule has 0 N–H and O–H groups in total. The number of pyridine rings is 1. The first-order valence-corrected chi connectivity index (χ1v) is 8.32. The van der Waals surface area contributed by atoms with E-state index in [9.17, 15) is 4.79 Å². The molecule has 5 heteroatoms. The second-order valence-corrected chi connectivity index (χ2v) is 6.37. The van der Waals surface area contributed by atoms with Gasteiger partial charge in [-0.2, -0.15) is 0 Å². The summed E-state index contributed by atoms with van der Waals surface area (Å²) in [7, 11) is 0. The zero-order valence-corrected chi connectivity index (χ0v) is 13.3. The largest absolute Gasteiger partial charge is 0.474 e. The van der Waals surface area contributed by atoms with Gasteiger partial charge in [-0.15, -0.1) is 0 Å². The van der Waals surface area contributed by atoms with Gasteiger partial charge >= 0.3 is 0 Å². The number of ether oxygens (including phenoxy) is 1. The van der Waals surface area contributed by atoms with Gasteiger partial charge in [0.05, 0.1) is 5.02 Å². The molecule has 3 rings (SSSR count). The molecule has 1 aliphatic heterocycles. The molecule has 0 spiro atoms. The minimum Gasteiger partial charge on any atom is -0.474 e. The number of aromatic nitrogens is 1. The van der Waals surface area contributed by atoms with E-state index in [0.717, 1.165) is 45.2 Å². The lowest BCUT2D eigenvalue weighted by Gasteiger charge is -2.34. The first-order chi connectivity index (χ1) is 10.7. The Balaban J connectivity index is 1.48. The number of piperidine rings is 1. The second kappa shape index (κ2) is 7.14. The second-order valence-electron chi connectivity index (χ2n) is 5.94. The van der Waals surface area contributed by atoms with Crippen LogP contribution in [0.25, 0.3) is 0 Å². The van der Waals surface area contributed by atoms with Crippen LogP contribution in [0.5, 0.6) is 5.88 Å². The Bertz CT molecular complexity index is 536. The average molecular weight is 321 g/mol. The van der Waals surface area contributed by atoms with Crippen LogP contribution in [0, 0.1) is 5.92 Å².